The van der Waals surface area contributed by atoms with Crippen LogP contribution in [0.3, 0.4) is 0 Å². The molecule has 0 atom stereocenters. The Bertz CT molecular complexity index is 986. The zero-order chi connectivity index (χ0) is 17.1. The number of benzene rings is 4. The van der Waals surface area contributed by atoms with Crippen molar-refractivity contribution in [3.05, 3.63) is 103 Å². The predicted molar refractivity (Wildman–Crippen MR) is 104 cm³/mol. The Morgan fingerprint density at radius 1 is 0.360 bits per heavy atom. The third-order valence-corrected chi connectivity index (χ3v) is 4.37. The molecule has 0 amide bonds. The summed E-state index contributed by atoms with van der Waals surface area (Å²) in [5.41, 5.74) is 6.90. The zero-order valence-electron chi connectivity index (χ0n) is 13.8. The number of hydrogen-bond acceptors (Lipinski definition) is 1. The second kappa shape index (κ2) is 6.66. The van der Waals surface area contributed by atoms with Crippen LogP contribution in [0.1, 0.15) is 0 Å². The molecular weight excluding hydrogens is 304 g/mol. The van der Waals surface area contributed by atoms with Crippen LogP contribution in [0.2, 0.25) is 0 Å². The van der Waals surface area contributed by atoms with Gasteiger partial charge in [0, 0.05) is 0 Å². The van der Waals surface area contributed by atoms with Crippen molar-refractivity contribution in [2.45, 2.75) is 0 Å². The maximum absolute atomic E-state index is 9.70. The number of phenols is 1. The molecule has 0 aliphatic rings. The van der Waals surface area contributed by atoms with Gasteiger partial charge < -0.3 is 5.11 Å². The molecule has 4 aromatic rings. The molecule has 0 aliphatic heterocycles. The lowest BCUT2D eigenvalue weighted by Gasteiger charge is -2.08. The van der Waals surface area contributed by atoms with Gasteiger partial charge in [0.1, 0.15) is 5.75 Å². The van der Waals surface area contributed by atoms with Crippen LogP contribution < -0.4 is 0 Å². The first-order valence-electron chi connectivity index (χ1n) is 8.35. The van der Waals surface area contributed by atoms with Crippen molar-refractivity contribution in [2.24, 2.45) is 0 Å². The van der Waals surface area contributed by atoms with E-state index in [4.69, 9.17) is 0 Å². The Morgan fingerprint density at radius 2 is 0.800 bits per heavy atom. The summed E-state index contributed by atoms with van der Waals surface area (Å²) in [4.78, 5) is 0. The zero-order valence-corrected chi connectivity index (χ0v) is 13.8. The normalized spacial score (nSPS) is 10.6. The number of rotatable bonds is 3. The molecule has 0 aromatic heterocycles. The first-order chi connectivity index (χ1) is 12.3. The molecule has 0 fully saturated rings. The molecule has 0 saturated carbocycles. The minimum absolute atomic E-state index is 0.287. The van der Waals surface area contributed by atoms with Crippen molar-refractivity contribution in [1.82, 2.24) is 0 Å². The standard InChI is InChI=1S/C24H18O/c25-24-11-5-10-23(17-24)22-9-4-8-21(16-22)20-14-12-19(13-15-20)18-6-2-1-3-7-18/h1-17,25H. The molecule has 1 N–H and O–H groups in total. The second-order valence-corrected chi connectivity index (χ2v) is 6.07. The van der Waals surface area contributed by atoms with E-state index in [1.54, 1.807) is 12.1 Å². The van der Waals surface area contributed by atoms with Crippen molar-refractivity contribution < 1.29 is 5.11 Å². The third-order valence-electron chi connectivity index (χ3n) is 4.37. The van der Waals surface area contributed by atoms with Crippen LogP contribution in [-0.4, -0.2) is 5.11 Å². The van der Waals surface area contributed by atoms with Crippen molar-refractivity contribution in [1.29, 1.82) is 0 Å². The molecule has 4 aromatic carbocycles. The van der Waals surface area contributed by atoms with Gasteiger partial charge in [-0.3, -0.25) is 0 Å². The van der Waals surface area contributed by atoms with E-state index in [0.717, 1.165) is 11.1 Å². The lowest BCUT2D eigenvalue weighted by molar-refractivity contribution is 0.475. The van der Waals surface area contributed by atoms with Crippen LogP contribution in [0, 0.1) is 0 Å². The smallest absolute Gasteiger partial charge is 0.116 e. The SMILES string of the molecule is Oc1cccc(-c2cccc(-c3ccc(-c4ccccc4)cc3)c2)c1. The van der Waals surface area contributed by atoms with Gasteiger partial charge in [0.2, 0.25) is 0 Å². The summed E-state index contributed by atoms with van der Waals surface area (Å²) in [6, 6.07) is 34.8. The van der Waals surface area contributed by atoms with Crippen LogP contribution >= 0.6 is 0 Å². The molecule has 0 saturated heterocycles. The summed E-state index contributed by atoms with van der Waals surface area (Å²) in [5.74, 6) is 0.287. The van der Waals surface area contributed by atoms with E-state index in [1.165, 1.54) is 22.3 Å². The topological polar surface area (TPSA) is 20.2 Å². The Kier molecular flexibility index (Phi) is 4.05. The monoisotopic (exact) mass is 322 g/mol. The van der Waals surface area contributed by atoms with Gasteiger partial charge in [-0.2, -0.15) is 0 Å². The average Bonchev–Trinajstić information content (AvgIpc) is 2.69. The van der Waals surface area contributed by atoms with E-state index in [9.17, 15) is 5.11 Å². The van der Waals surface area contributed by atoms with Gasteiger partial charge in [-0.25, -0.2) is 0 Å². The van der Waals surface area contributed by atoms with Gasteiger partial charge in [0.15, 0.2) is 0 Å². The molecule has 1 nitrogen and oxygen atoms in total. The summed E-state index contributed by atoms with van der Waals surface area (Å²) in [6.07, 6.45) is 0. The van der Waals surface area contributed by atoms with Crippen molar-refractivity contribution in [3.63, 3.8) is 0 Å². The minimum atomic E-state index is 0.287. The van der Waals surface area contributed by atoms with Crippen LogP contribution in [0.4, 0.5) is 0 Å². The van der Waals surface area contributed by atoms with Crippen molar-refractivity contribution in [2.75, 3.05) is 0 Å². The van der Waals surface area contributed by atoms with Crippen LogP contribution in [0.15, 0.2) is 103 Å². The lowest BCUT2D eigenvalue weighted by atomic mass is 9.97. The van der Waals surface area contributed by atoms with Gasteiger partial charge >= 0.3 is 0 Å². The largest absolute Gasteiger partial charge is 0.508 e. The number of aromatic hydroxyl groups is 1. The highest BCUT2D eigenvalue weighted by atomic mass is 16.3. The van der Waals surface area contributed by atoms with Crippen LogP contribution in [0.25, 0.3) is 33.4 Å². The molecule has 1 heteroatoms. The summed E-state index contributed by atoms with van der Waals surface area (Å²) < 4.78 is 0. The maximum Gasteiger partial charge on any atom is 0.116 e. The third kappa shape index (κ3) is 3.31. The van der Waals surface area contributed by atoms with E-state index in [1.807, 2.05) is 18.2 Å². The molecule has 25 heavy (non-hydrogen) atoms. The fraction of sp³-hybridized carbons (Fsp3) is 0. The highest BCUT2D eigenvalue weighted by molar-refractivity contribution is 5.75. The van der Waals surface area contributed by atoms with Gasteiger partial charge in [-0.05, 0) is 51.6 Å². The predicted octanol–water partition coefficient (Wildman–Crippen LogP) is 6.39. The molecule has 0 radical (unpaired) electrons. The maximum atomic E-state index is 9.70. The molecule has 0 bridgehead atoms. The lowest BCUT2D eigenvalue weighted by Crippen LogP contribution is -1.82. The minimum Gasteiger partial charge on any atom is -0.508 e. The van der Waals surface area contributed by atoms with Gasteiger partial charge in [-0.15, -0.1) is 0 Å². The Labute approximate surface area is 147 Å². The molecule has 0 spiro atoms. The number of phenolic OH excluding ortho intramolecular Hbond substituents is 1. The van der Waals surface area contributed by atoms with E-state index in [0.29, 0.717) is 0 Å². The van der Waals surface area contributed by atoms with Gasteiger partial charge in [0.05, 0.1) is 0 Å². The Balaban J connectivity index is 1.67. The van der Waals surface area contributed by atoms with E-state index in [2.05, 4.69) is 72.8 Å². The van der Waals surface area contributed by atoms with E-state index < -0.39 is 0 Å². The summed E-state index contributed by atoms with van der Waals surface area (Å²) >= 11 is 0. The van der Waals surface area contributed by atoms with Crippen molar-refractivity contribution >= 4 is 0 Å². The average molecular weight is 322 g/mol. The fourth-order valence-electron chi connectivity index (χ4n) is 3.05. The number of hydrogen-bond donors (Lipinski definition) is 1. The van der Waals surface area contributed by atoms with Crippen LogP contribution in [-0.2, 0) is 0 Å². The summed E-state index contributed by atoms with van der Waals surface area (Å²) in [5, 5.41) is 9.70. The van der Waals surface area contributed by atoms with Gasteiger partial charge in [0.25, 0.3) is 0 Å². The van der Waals surface area contributed by atoms with Crippen molar-refractivity contribution in [3.8, 4) is 39.1 Å². The first kappa shape index (κ1) is 15.2. The molecular formula is C24H18O. The Morgan fingerprint density at radius 3 is 1.44 bits per heavy atom. The summed E-state index contributed by atoms with van der Waals surface area (Å²) in [6.45, 7) is 0. The fourth-order valence-corrected chi connectivity index (χ4v) is 3.05. The van der Waals surface area contributed by atoms with E-state index >= 15 is 0 Å². The molecule has 4 rings (SSSR count). The highest BCUT2D eigenvalue weighted by Crippen LogP contribution is 2.29. The Hall–Kier alpha value is -3.32. The molecule has 0 aliphatic carbocycles. The summed E-state index contributed by atoms with van der Waals surface area (Å²) in [7, 11) is 0. The molecule has 0 unspecified atom stereocenters. The second-order valence-electron chi connectivity index (χ2n) is 6.07. The van der Waals surface area contributed by atoms with Gasteiger partial charge in [-0.1, -0.05) is 84.9 Å². The molecule has 0 heterocycles. The highest BCUT2D eigenvalue weighted by Gasteiger charge is 2.03. The van der Waals surface area contributed by atoms with Crippen LogP contribution in [0.5, 0.6) is 5.75 Å². The van der Waals surface area contributed by atoms with E-state index in [-0.39, 0.29) is 5.75 Å². The quantitative estimate of drug-likeness (QED) is 0.463. The molecule has 120 valence electrons. The first-order valence-corrected chi connectivity index (χ1v) is 8.35.